The van der Waals surface area contributed by atoms with E-state index >= 15 is 0 Å². The van der Waals surface area contributed by atoms with E-state index in [0.29, 0.717) is 5.22 Å². The van der Waals surface area contributed by atoms with E-state index in [1.54, 1.807) is 6.92 Å². The van der Waals surface area contributed by atoms with Crippen molar-refractivity contribution in [2.45, 2.75) is 17.2 Å². The van der Waals surface area contributed by atoms with Crippen LogP contribution in [0.15, 0.2) is 27.1 Å². The average molecular weight is 246 g/mol. The zero-order valence-corrected chi connectivity index (χ0v) is 9.14. The van der Waals surface area contributed by atoms with Crippen LogP contribution < -0.4 is 0 Å². The molecular weight excluding hydrogens is 241 g/mol. The highest BCUT2D eigenvalue weighted by atomic mass is 35.5. The number of nitrogens with zero attached hydrogens (tertiary/aromatic N) is 3. The topological polar surface area (TPSA) is 51.8 Å². The fourth-order valence-electron chi connectivity index (χ4n) is 0.865. The number of aromatic nitrogens is 3. The highest BCUT2D eigenvalue weighted by Crippen LogP contribution is 2.27. The summed E-state index contributed by atoms with van der Waals surface area (Å²) in [6.45, 7) is 1.77. The monoisotopic (exact) mass is 245 g/mol. The van der Waals surface area contributed by atoms with Crippen molar-refractivity contribution in [3.8, 4) is 0 Å². The van der Waals surface area contributed by atoms with Crippen molar-refractivity contribution >= 4 is 23.4 Å². The molecule has 0 fully saturated rings. The zero-order chi connectivity index (χ0) is 10.8. The third-order valence-electron chi connectivity index (χ3n) is 1.46. The van der Waals surface area contributed by atoms with Gasteiger partial charge in [0.05, 0.1) is 11.9 Å². The standard InChI is InChI=1S/C8H5ClFN3OS/c1-4-3-14-8(12-4)15-6-5(10)2-11-7(9)13-6/h2-3H,1H3. The molecule has 0 saturated heterocycles. The summed E-state index contributed by atoms with van der Waals surface area (Å²) in [6.07, 6.45) is 2.48. The summed E-state index contributed by atoms with van der Waals surface area (Å²) in [5.41, 5.74) is 0.720. The molecule has 0 aromatic carbocycles. The molecule has 2 rings (SSSR count). The Morgan fingerprint density at radius 1 is 1.47 bits per heavy atom. The molecular formula is C8H5ClFN3OS. The van der Waals surface area contributed by atoms with E-state index in [1.165, 1.54) is 6.26 Å². The van der Waals surface area contributed by atoms with Crippen LogP contribution in [0.2, 0.25) is 5.28 Å². The van der Waals surface area contributed by atoms with Gasteiger partial charge in [-0.25, -0.2) is 19.3 Å². The van der Waals surface area contributed by atoms with Gasteiger partial charge in [-0.15, -0.1) is 0 Å². The van der Waals surface area contributed by atoms with Crippen LogP contribution in [0.25, 0.3) is 0 Å². The van der Waals surface area contributed by atoms with E-state index in [1.807, 2.05) is 0 Å². The minimum absolute atomic E-state index is 0.0119. The first-order valence-corrected chi connectivity index (χ1v) is 5.12. The van der Waals surface area contributed by atoms with Crippen LogP contribution in [0.4, 0.5) is 4.39 Å². The average Bonchev–Trinajstić information content (AvgIpc) is 2.58. The Kier molecular flexibility index (Phi) is 2.88. The van der Waals surface area contributed by atoms with Gasteiger partial charge in [0, 0.05) is 0 Å². The van der Waals surface area contributed by atoms with E-state index in [-0.39, 0.29) is 10.3 Å². The van der Waals surface area contributed by atoms with Gasteiger partial charge in [-0.1, -0.05) is 0 Å². The lowest BCUT2D eigenvalue weighted by atomic mass is 10.6. The van der Waals surface area contributed by atoms with E-state index < -0.39 is 5.82 Å². The lowest BCUT2D eigenvalue weighted by molar-refractivity contribution is 0.452. The van der Waals surface area contributed by atoms with Gasteiger partial charge in [0.1, 0.15) is 11.3 Å². The predicted octanol–water partition coefficient (Wildman–Crippen LogP) is 2.72. The highest BCUT2D eigenvalue weighted by molar-refractivity contribution is 7.99. The molecule has 0 atom stereocenters. The van der Waals surface area contributed by atoms with Crippen LogP contribution in [-0.4, -0.2) is 15.0 Å². The van der Waals surface area contributed by atoms with Crippen LogP contribution in [0, 0.1) is 12.7 Å². The Morgan fingerprint density at radius 3 is 2.93 bits per heavy atom. The molecule has 0 spiro atoms. The number of rotatable bonds is 2. The summed E-state index contributed by atoms with van der Waals surface area (Å²) in [5.74, 6) is -0.555. The summed E-state index contributed by atoms with van der Waals surface area (Å²) in [5, 5.41) is 0.403. The van der Waals surface area contributed by atoms with Crippen LogP contribution in [0.5, 0.6) is 0 Å². The summed E-state index contributed by atoms with van der Waals surface area (Å²) in [4.78, 5) is 11.2. The minimum Gasteiger partial charge on any atom is -0.439 e. The minimum atomic E-state index is -0.555. The van der Waals surface area contributed by atoms with Crippen molar-refractivity contribution in [3.63, 3.8) is 0 Å². The quantitative estimate of drug-likeness (QED) is 0.601. The molecule has 7 heteroatoms. The third-order valence-corrected chi connectivity index (χ3v) is 2.49. The molecule has 0 aliphatic carbocycles. The van der Waals surface area contributed by atoms with Crippen LogP contribution >= 0.6 is 23.4 Å². The van der Waals surface area contributed by atoms with Gasteiger partial charge in [0.2, 0.25) is 5.28 Å². The van der Waals surface area contributed by atoms with Gasteiger partial charge in [0.15, 0.2) is 5.82 Å². The number of hydrogen-bond acceptors (Lipinski definition) is 5. The van der Waals surface area contributed by atoms with Gasteiger partial charge in [0.25, 0.3) is 5.22 Å². The number of hydrogen-bond donors (Lipinski definition) is 0. The summed E-state index contributed by atoms with van der Waals surface area (Å²) in [7, 11) is 0. The Balaban J connectivity index is 2.27. The molecule has 0 saturated carbocycles. The van der Waals surface area contributed by atoms with Gasteiger partial charge in [-0.05, 0) is 30.3 Å². The van der Waals surface area contributed by atoms with E-state index in [2.05, 4.69) is 15.0 Å². The zero-order valence-electron chi connectivity index (χ0n) is 7.57. The molecule has 78 valence electrons. The van der Waals surface area contributed by atoms with Crippen LogP contribution in [0.1, 0.15) is 5.69 Å². The molecule has 0 amide bonds. The normalized spacial score (nSPS) is 10.6. The summed E-state index contributed by atoms with van der Waals surface area (Å²) >= 11 is 6.50. The first-order chi connectivity index (χ1) is 7.15. The highest BCUT2D eigenvalue weighted by Gasteiger charge is 2.11. The molecule has 0 N–H and O–H groups in total. The maximum absolute atomic E-state index is 13.2. The lowest BCUT2D eigenvalue weighted by Gasteiger charge is -1.97. The fraction of sp³-hybridized carbons (Fsp3) is 0.125. The third kappa shape index (κ3) is 2.45. The number of oxazole rings is 1. The molecule has 0 unspecified atom stereocenters. The first-order valence-electron chi connectivity index (χ1n) is 3.93. The molecule has 0 aliphatic rings. The van der Waals surface area contributed by atoms with Crippen LogP contribution in [0.3, 0.4) is 0 Å². The summed E-state index contributed by atoms with van der Waals surface area (Å²) in [6, 6.07) is 0. The Bertz CT molecular complexity index is 490. The van der Waals surface area contributed by atoms with Crippen molar-refractivity contribution < 1.29 is 8.81 Å². The predicted molar refractivity (Wildman–Crippen MR) is 52.4 cm³/mol. The fourth-order valence-corrected chi connectivity index (χ4v) is 1.78. The van der Waals surface area contributed by atoms with Crippen molar-refractivity contribution in [2.24, 2.45) is 0 Å². The largest absolute Gasteiger partial charge is 0.439 e. The van der Waals surface area contributed by atoms with Crippen molar-refractivity contribution in [1.82, 2.24) is 15.0 Å². The SMILES string of the molecule is Cc1coc(Sc2nc(Cl)ncc2F)n1. The second-order valence-electron chi connectivity index (χ2n) is 2.65. The molecule has 2 aromatic heterocycles. The number of halogens is 2. The maximum Gasteiger partial charge on any atom is 0.262 e. The number of aryl methyl sites for hydroxylation is 1. The Morgan fingerprint density at radius 2 is 2.27 bits per heavy atom. The Labute approximate surface area is 93.9 Å². The second kappa shape index (κ2) is 4.16. The van der Waals surface area contributed by atoms with E-state index in [0.717, 1.165) is 23.7 Å². The van der Waals surface area contributed by atoms with Gasteiger partial charge in [-0.3, -0.25) is 0 Å². The molecule has 15 heavy (non-hydrogen) atoms. The van der Waals surface area contributed by atoms with Gasteiger partial charge < -0.3 is 4.42 Å². The first kappa shape index (κ1) is 10.4. The maximum atomic E-state index is 13.2. The smallest absolute Gasteiger partial charge is 0.262 e. The molecule has 4 nitrogen and oxygen atoms in total. The molecule has 2 aromatic rings. The van der Waals surface area contributed by atoms with Crippen molar-refractivity contribution in [1.29, 1.82) is 0 Å². The Hall–Kier alpha value is -1.14. The molecule has 2 heterocycles. The summed E-state index contributed by atoms with van der Waals surface area (Å²) < 4.78 is 18.2. The molecule has 0 bridgehead atoms. The lowest BCUT2D eigenvalue weighted by Crippen LogP contribution is -1.90. The van der Waals surface area contributed by atoms with E-state index in [9.17, 15) is 4.39 Å². The molecule has 0 aliphatic heterocycles. The second-order valence-corrected chi connectivity index (χ2v) is 3.93. The molecule has 0 radical (unpaired) electrons. The van der Waals surface area contributed by atoms with Crippen molar-refractivity contribution in [2.75, 3.05) is 0 Å². The van der Waals surface area contributed by atoms with Crippen LogP contribution in [-0.2, 0) is 0 Å². The van der Waals surface area contributed by atoms with E-state index in [4.69, 9.17) is 16.0 Å². The van der Waals surface area contributed by atoms with Gasteiger partial charge >= 0.3 is 0 Å². The van der Waals surface area contributed by atoms with Gasteiger partial charge in [-0.2, -0.15) is 0 Å². The van der Waals surface area contributed by atoms with Crippen molar-refractivity contribution in [3.05, 3.63) is 29.3 Å².